The van der Waals surface area contributed by atoms with Gasteiger partial charge in [-0.1, -0.05) is 97.1 Å². The van der Waals surface area contributed by atoms with Crippen molar-refractivity contribution in [3.8, 4) is 5.69 Å². The first-order valence-electron chi connectivity index (χ1n) is 11.6. The smallest absolute Gasteiger partial charge is 0.0620 e. The summed E-state index contributed by atoms with van der Waals surface area (Å²) < 4.78 is 5.20. The number of fused-ring (bicyclic) bond motifs is 10. The molecule has 2 heterocycles. The van der Waals surface area contributed by atoms with Crippen LogP contribution in [0.5, 0.6) is 0 Å². The van der Waals surface area contributed by atoms with E-state index < -0.39 is 0 Å². The molecule has 0 fully saturated rings. The molecule has 2 aromatic heterocycles. The van der Waals surface area contributed by atoms with E-state index in [1.165, 1.54) is 69.2 Å². The van der Waals surface area contributed by atoms with E-state index in [1.54, 1.807) is 0 Å². The summed E-state index contributed by atoms with van der Waals surface area (Å²) in [7, 11) is 0. The highest BCUT2D eigenvalue weighted by molar-refractivity contribution is 7.26. The largest absolute Gasteiger partial charge is 0.308 e. The zero-order chi connectivity index (χ0) is 22.2. The number of benzene rings is 6. The van der Waals surface area contributed by atoms with Crippen molar-refractivity contribution < 1.29 is 0 Å². The second-order valence-corrected chi connectivity index (χ2v) is 10.0. The number of aromatic nitrogens is 1. The Hall–Kier alpha value is -4.14. The van der Waals surface area contributed by atoms with Gasteiger partial charge in [0.25, 0.3) is 0 Å². The van der Waals surface area contributed by atoms with E-state index in [9.17, 15) is 0 Å². The van der Waals surface area contributed by atoms with Gasteiger partial charge < -0.3 is 4.57 Å². The van der Waals surface area contributed by atoms with Gasteiger partial charge >= 0.3 is 0 Å². The van der Waals surface area contributed by atoms with E-state index in [0.29, 0.717) is 0 Å². The van der Waals surface area contributed by atoms with Gasteiger partial charge in [-0.15, -0.1) is 11.3 Å². The molecule has 6 aromatic carbocycles. The molecule has 8 rings (SSSR count). The fraction of sp³-hybridized carbons (Fsp3) is 0. The predicted octanol–water partition coefficient (Wildman–Crippen LogP) is 9.46. The lowest BCUT2D eigenvalue weighted by molar-refractivity contribution is 1.20. The molecular weight excluding hydrogens is 430 g/mol. The van der Waals surface area contributed by atoms with Crippen molar-refractivity contribution in [1.29, 1.82) is 0 Å². The third-order valence-corrected chi connectivity index (χ3v) is 8.40. The molecule has 0 aliphatic heterocycles. The molecule has 0 saturated carbocycles. The standard InChI is InChI=1S/C32H19NS/c1-2-10-21-20(8-1)9-7-14-28(21)33-29-13-5-3-11-22(29)24-16-19-27-25(31(24)33)17-18-26-23-12-4-6-15-30(23)34-32(26)27/h1-19H. The summed E-state index contributed by atoms with van der Waals surface area (Å²) in [6.07, 6.45) is 0. The van der Waals surface area contributed by atoms with Gasteiger partial charge in [-0.05, 0) is 23.6 Å². The van der Waals surface area contributed by atoms with Crippen molar-refractivity contribution >= 4 is 74.9 Å². The average Bonchev–Trinajstić information content (AvgIpc) is 3.44. The van der Waals surface area contributed by atoms with E-state index in [0.717, 1.165) is 0 Å². The molecule has 0 unspecified atom stereocenters. The quantitative estimate of drug-likeness (QED) is 0.235. The lowest BCUT2D eigenvalue weighted by atomic mass is 10.0. The molecule has 0 atom stereocenters. The van der Waals surface area contributed by atoms with Gasteiger partial charge in [0.15, 0.2) is 0 Å². The summed E-state index contributed by atoms with van der Waals surface area (Å²) in [6.45, 7) is 0. The monoisotopic (exact) mass is 449 g/mol. The second-order valence-electron chi connectivity index (χ2n) is 8.95. The molecule has 0 radical (unpaired) electrons. The Morgan fingerprint density at radius 3 is 1.94 bits per heavy atom. The molecule has 8 aromatic rings. The number of nitrogens with zero attached hydrogens (tertiary/aromatic N) is 1. The minimum atomic E-state index is 1.23. The average molecular weight is 450 g/mol. The highest BCUT2D eigenvalue weighted by Gasteiger charge is 2.18. The molecule has 1 nitrogen and oxygen atoms in total. The molecule has 0 amide bonds. The Morgan fingerprint density at radius 2 is 1.06 bits per heavy atom. The van der Waals surface area contributed by atoms with E-state index >= 15 is 0 Å². The van der Waals surface area contributed by atoms with E-state index in [1.807, 2.05) is 11.3 Å². The van der Waals surface area contributed by atoms with Gasteiger partial charge in [0.1, 0.15) is 0 Å². The molecule has 0 saturated heterocycles. The first-order valence-corrected chi connectivity index (χ1v) is 12.4. The van der Waals surface area contributed by atoms with Crippen LogP contribution < -0.4 is 0 Å². The maximum absolute atomic E-state index is 2.48. The van der Waals surface area contributed by atoms with Gasteiger partial charge in [-0.2, -0.15) is 0 Å². The van der Waals surface area contributed by atoms with Crippen molar-refractivity contribution in [2.75, 3.05) is 0 Å². The third-order valence-electron chi connectivity index (χ3n) is 7.18. The van der Waals surface area contributed by atoms with Crippen LogP contribution in [0.2, 0.25) is 0 Å². The van der Waals surface area contributed by atoms with Crippen LogP contribution in [-0.2, 0) is 0 Å². The summed E-state index contributed by atoms with van der Waals surface area (Å²) in [5, 5.41) is 10.5. The number of hydrogen-bond acceptors (Lipinski definition) is 1. The molecular formula is C32H19NS. The van der Waals surface area contributed by atoms with Crippen LogP contribution >= 0.6 is 11.3 Å². The van der Waals surface area contributed by atoms with Gasteiger partial charge in [0.05, 0.1) is 16.7 Å². The SMILES string of the molecule is c1ccc2c(-n3c4ccccc4c4ccc5c(ccc6c7ccccc7sc65)c43)cccc2c1. The molecule has 0 N–H and O–H groups in total. The fourth-order valence-corrected chi connectivity index (χ4v) is 6.93. The molecule has 0 spiro atoms. The van der Waals surface area contributed by atoms with E-state index in [4.69, 9.17) is 0 Å². The zero-order valence-electron chi connectivity index (χ0n) is 18.3. The van der Waals surface area contributed by atoms with Crippen LogP contribution in [0, 0.1) is 0 Å². The number of para-hydroxylation sites is 1. The first-order chi connectivity index (χ1) is 16.9. The van der Waals surface area contributed by atoms with Gasteiger partial charge in [-0.3, -0.25) is 0 Å². The van der Waals surface area contributed by atoms with Crippen molar-refractivity contribution in [2.45, 2.75) is 0 Å². The summed E-state index contributed by atoms with van der Waals surface area (Å²) in [4.78, 5) is 0. The second kappa shape index (κ2) is 6.69. The van der Waals surface area contributed by atoms with Crippen molar-refractivity contribution in [2.24, 2.45) is 0 Å². The fourth-order valence-electron chi connectivity index (χ4n) is 5.70. The Bertz CT molecular complexity index is 2070. The van der Waals surface area contributed by atoms with Gasteiger partial charge in [0.2, 0.25) is 0 Å². The van der Waals surface area contributed by atoms with E-state index in [2.05, 4.69) is 120 Å². The minimum Gasteiger partial charge on any atom is -0.308 e. The number of rotatable bonds is 1. The molecule has 2 heteroatoms. The van der Waals surface area contributed by atoms with Crippen LogP contribution in [0.3, 0.4) is 0 Å². The summed E-state index contributed by atoms with van der Waals surface area (Å²) in [6, 6.07) is 42.2. The third kappa shape index (κ3) is 2.33. The number of thiophene rings is 1. The first kappa shape index (κ1) is 18.3. The van der Waals surface area contributed by atoms with Crippen LogP contribution in [0.25, 0.3) is 69.2 Å². The van der Waals surface area contributed by atoms with Crippen LogP contribution in [-0.4, -0.2) is 4.57 Å². The molecule has 158 valence electrons. The van der Waals surface area contributed by atoms with Crippen molar-refractivity contribution in [1.82, 2.24) is 4.57 Å². The van der Waals surface area contributed by atoms with Crippen LogP contribution in [0.15, 0.2) is 115 Å². The normalized spacial score (nSPS) is 12.1. The zero-order valence-corrected chi connectivity index (χ0v) is 19.1. The summed E-state index contributed by atoms with van der Waals surface area (Å²) in [5.41, 5.74) is 3.76. The maximum atomic E-state index is 2.48. The Labute approximate surface area is 200 Å². The molecule has 0 bridgehead atoms. The van der Waals surface area contributed by atoms with Crippen molar-refractivity contribution in [3.05, 3.63) is 115 Å². The lowest BCUT2D eigenvalue weighted by Gasteiger charge is -2.13. The topological polar surface area (TPSA) is 4.93 Å². The molecule has 0 aliphatic carbocycles. The van der Waals surface area contributed by atoms with Crippen molar-refractivity contribution in [3.63, 3.8) is 0 Å². The highest BCUT2D eigenvalue weighted by atomic mass is 32.1. The Balaban J connectivity index is 1.62. The number of hydrogen-bond donors (Lipinski definition) is 0. The molecule has 34 heavy (non-hydrogen) atoms. The van der Waals surface area contributed by atoms with Crippen LogP contribution in [0.1, 0.15) is 0 Å². The van der Waals surface area contributed by atoms with Gasteiger partial charge in [-0.25, -0.2) is 0 Å². The summed E-state index contributed by atoms with van der Waals surface area (Å²) in [5.74, 6) is 0. The Morgan fingerprint density at radius 1 is 0.441 bits per heavy atom. The lowest BCUT2D eigenvalue weighted by Crippen LogP contribution is -1.95. The van der Waals surface area contributed by atoms with Crippen LogP contribution in [0.4, 0.5) is 0 Å². The minimum absolute atomic E-state index is 1.23. The maximum Gasteiger partial charge on any atom is 0.0620 e. The predicted molar refractivity (Wildman–Crippen MR) is 149 cm³/mol. The molecule has 0 aliphatic rings. The Kier molecular flexibility index (Phi) is 3.60. The van der Waals surface area contributed by atoms with E-state index in [-0.39, 0.29) is 0 Å². The van der Waals surface area contributed by atoms with Gasteiger partial charge in [0, 0.05) is 47.1 Å². The highest BCUT2D eigenvalue weighted by Crippen LogP contribution is 2.43. The summed E-state index contributed by atoms with van der Waals surface area (Å²) >= 11 is 1.90.